The van der Waals surface area contributed by atoms with Crippen molar-refractivity contribution >= 4 is 0 Å². The average Bonchev–Trinajstić information content (AvgIpc) is 2.29. The molecular weight excluding hydrogens is 214 g/mol. The lowest BCUT2D eigenvalue weighted by Crippen LogP contribution is -2.21. The average molecular weight is 237 g/mol. The maximum Gasteiger partial charge on any atom is 0.120 e. The zero-order valence-electron chi connectivity index (χ0n) is 11.2. The first-order valence-corrected chi connectivity index (χ1v) is 6.15. The van der Waals surface area contributed by atoms with Crippen LogP contribution in [0.4, 0.5) is 0 Å². The van der Waals surface area contributed by atoms with Crippen LogP contribution in [0.2, 0.25) is 0 Å². The molecule has 3 nitrogen and oxygen atoms in total. The van der Waals surface area contributed by atoms with E-state index in [0.29, 0.717) is 11.7 Å². The van der Waals surface area contributed by atoms with Crippen molar-refractivity contribution in [2.45, 2.75) is 33.2 Å². The van der Waals surface area contributed by atoms with Gasteiger partial charge in [0, 0.05) is 11.6 Å². The van der Waals surface area contributed by atoms with E-state index in [9.17, 15) is 5.11 Å². The topological polar surface area (TPSA) is 41.5 Å². The van der Waals surface area contributed by atoms with Crippen molar-refractivity contribution in [2.24, 2.45) is 5.92 Å². The first-order valence-electron chi connectivity index (χ1n) is 6.15. The number of hydrogen-bond donors (Lipinski definition) is 2. The Hall–Kier alpha value is -1.22. The number of phenolic OH excluding ortho intramolecular Hbond substituents is 1. The van der Waals surface area contributed by atoms with Crippen LogP contribution in [0, 0.1) is 5.92 Å². The van der Waals surface area contributed by atoms with Crippen LogP contribution in [-0.2, 0) is 0 Å². The molecule has 0 saturated heterocycles. The Bertz CT molecular complexity index is 350. The van der Waals surface area contributed by atoms with E-state index in [1.807, 2.05) is 6.07 Å². The SMILES string of the molecule is COc1ccc(O)c(C(C)NCCC(C)C)c1. The summed E-state index contributed by atoms with van der Waals surface area (Å²) in [4.78, 5) is 0. The minimum absolute atomic E-state index is 0.129. The molecule has 0 aliphatic rings. The van der Waals surface area contributed by atoms with Crippen LogP contribution in [0.1, 0.15) is 38.8 Å². The number of phenols is 1. The second-order valence-electron chi connectivity index (χ2n) is 4.78. The van der Waals surface area contributed by atoms with Gasteiger partial charge in [-0.1, -0.05) is 13.8 Å². The fraction of sp³-hybridized carbons (Fsp3) is 0.571. The van der Waals surface area contributed by atoms with E-state index in [4.69, 9.17) is 4.74 Å². The Labute approximate surface area is 104 Å². The van der Waals surface area contributed by atoms with Gasteiger partial charge >= 0.3 is 0 Å². The largest absolute Gasteiger partial charge is 0.508 e. The maximum atomic E-state index is 9.81. The Kier molecular flexibility index (Phi) is 5.29. The molecule has 1 unspecified atom stereocenters. The summed E-state index contributed by atoms with van der Waals surface area (Å²) in [6, 6.07) is 5.44. The van der Waals surface area contributed by atoms with Crippen molar-refractivity contribution in [3.8, 4) is 11.5 Å². The first kappa shape index (κ1) is 13.8. The van der Waals surface area contributed by atoms with E-state index in [1.54, 1.807) is 19.2 Å². The molecule has 0 aromatic heterocycles. The summed E-state index contributed by atoms with van der Waals surface area (Å²) in [7, 11) is 1.63. The van der Waals surface area contributed by atoms with Crippen LogP contribution in [0.3, 0.4) is 0 Å². The molecule has 0 amide bonds. The smallest absolute Gasteiger partial charge is 0.120 e. The molecule has 2 N–H and O–H groups in total. The predicted octanol–water partition coefficient (Wildman–Crippen LogP) is 3.10. The van der Waals surface area contributed by atoms with E-state index < -0.39 is 0 Å². The van der Waals surface area contributed by atoms with Gasteiger partial charge in [0.15, 0.2) is 0 Å². The zero-order valence-corrected chi connectivity index (χ0v) is 11.2. The summed E-state index contributed by atoms with van der Waals surface area (Å²) >= 11 is 0. The Morgan fingerprint density at radius 1 is 1.29 bits per heavy atom. The number of benzene rings is 1. The van der Waals surface area contributed by atoms with Crippen molar-refractivity contribution in [2.75, 3.05) is 13.7 Å². The lowest BCUT2D eigenvalue weighted by Gasteiger charge is -2.17. The van der Waals surface area contributed by atoms with Crippen molar-refractivity contribution in [1.82, 2.24) is 5.32 Å². The molecule has 0 aliphatic carbocycles. The van der Waals surface area contributed by atoms with Gasteiger partial charge in [-0.15, -0.1) is 0 Å². The molecule has 0 heterocycles. The van der Waals surface area contributed by atoms with Gasteiger partial charge in [-0.05, 0) is 44.0 Å². The van der Waals surface area contributed by atoms with Crippen molar-refractivity contribution in [3.63, 3.8) is 0 Å². The van der Waals surface area contributed by atoms with Gasteiger partial charge in [0.25, 0.3) is 0 Å². The monoisotopic (exact) mass is 237 g/mol. The van der Waals surface area contributed by atoms with Gasteiger partial charge in [-0.2, -0.15) is 0 Å². The lowest BCUT2D eigenvalue weighted by atomic mass is 10.1. The summed E-state index contributed by atoms with van der Waals surface area (Å²) in [5, 5.41) is 13.2. The van der Waals surface area contributed by atoms with Gasteiger partial charge in [-0.25, -0.2) is 0 Å². The molecule has 0 spiro atoms. The third-order valence-electron chi connectivity index (χ3n) is 2.87. The minimum Gasteiger partial charge on any atom is -0.508 e. The number of nitrogens with one attached hydrogen (secondary N) is 1. The number of hydrogen-bond acceptors (Lipinski definition) is 3. The van der Waals surface area contributed by atoms with Crippen molar-refractivity contribution < 1.29 is 9.84 Å². The normalized spacial score (nSPS) is 12.8. The fourth-order valence-electron chi connectivity index (χ4n) is 1.70. The van der Waals surface area contributed by atoms with Crippen molar-refractivity contribution in [1.29, 1.82) is 0 Å². The van der Waals surface area contributed by atoms with Crippen LogP contribution in [0.25, 0.3) is 0 Å². The molecule has 17 heavy (non-hydrogen) atoms. The molecular formula is C14H23NO2. The summed E-state index contributed by atoms with van der Waals surface area (Å²) < 4.78 is 5.16. The molecule has 1 aromatic rings. The van der Waals surface area contributed by atoms with Crippen molar-refractivity contribution in [3.05, 3.63) is 23.8 Å². The standard InChI is InChI=1S/C14H23NO2/c1-10(2)7-8-15-11(3)13-9-12(17-4)5-6-14(13)16/h5-6,9-11,15-16H,7-8H2,1-4H3. The zero-order chi connectivity index (χ0) is 12.8. The van der Waals surface area contributed by atoms with Crippen LogP contribution in [-0.4, -0.2) is 18.8 Å². The molecule has 1 aromatic carbocycles. The molecule has 0 bridgehead atoms. The molecule has 1 atom stereocenters. The maximum absolute atomic E-state index is 9.81. The van der Waals surface area contributed by atoms with E-state index in [1.165, 1.54) is 0 Å². The Balaban J connectivity index is 2.64. The molecule has 0 aliphatic heterocycles. The van der Waals surface area contributed by atoms with Gasteiger partial charge in [0.05, 0.1) is 7.11 Å². The van der Waals surface area contributed by atoms with Crippen LogP contribution in [0.15, 0.2) is 18.2 Å². The highest BCUT2D eigenvalue weighted by Crippen LogP contribution is 2.28. The first-order chi connectivity index (χ1) is 8.04. The second-order valence-corrected chi connectivity index (χ2v) is 4.78. The van der Waals surface area contributed by atoms with Gasteiger partial charge in [0.2, 0.25) is 0 Å². The highest BCUT2D eigenvalue weighted by molar-refractivity contribution is 5.41. The molecule has 1 rings (SSSR count). The van der Waals surface area contributed by atoms with Crippen LogP contribution >= 0.6 is 0 Å². The molecule has 3 heteroatoms. The predicted molar refractivity (Wildman–Crippen MR) is 70.5 cm³/mol. The Morgan fingerprint density at radius 2 is 2.00 bits per heavy atom. The minimum atomic E-state index is 0.129. The summed E-state index contributed by atoms with van der Waals surface area (Å²) in [5.41, 5.74) is 0.883. The van der Waals surface area contributed by atoms with Crippen LogP contribution < -0.4 is 10.1 Å². The van der Waals surface area contributed by atoms with Gasteiger partial charge in [0.1, 0.15) is 11.5 Å². The molecule has 0 saturated carbocycles. The van der Waals surface area contributed by atoms with E-state index >= 15 is 0 Å². The number of methoxy groups -OCH3 is 1. The third kappa shape index (κ3) is 4.27. The van der Waals surface area contributed by atoms with E-state index in [2.05, 4.69) is 26.1 Å². The number of aromatic hydroxyl groups is 1. The summed E-state index contributed by atoms with van der Waals surface area (Å²) in [6.07, 6.45) is 1.13. The van der Waals surface area contributed by atoms with E-state index in [-0.39, 0.29) is 6.04 Å². The van der Waals surface area contributed by atoms with Gasteiger partial charge < -0.3 is 15.2 Å². The molecule has 96 valence electrons. The number of ether oxygens (including phenoxy) is 1. The number of rotatable bonds is 6. The highest BCUT2D eigenvalue weighted by Gasteiger charge is 2.11. The van der Waals surface area contributed by atoms with Crippen LogP contribution in [0.5, 0.6) is 11.5 Å². The third-order valence-corrected chi connectivity index (χ3v) is 2.87. The summed E-state index contributed by atoms with van der Waals surface area (Å²) in [5.74, 6) is 1.78. The summed E-state index contributed by atoms with van der Waals surface area (Å²) in [6.45, 7) is 7.41. The van der Waals surface area contributed by atoms with E-state index in [0.717, 1.165) is 24.3 Å². The fourth-order valence-corrected chi connectivity index (χ4v) is 1.70. The second kappa shape index (κ2) is 6.50. The molecule has 0 radical (unpaired) electrons. The molecule has 0 fully saturated rings. The lowest BCUT2D eigenvalue weighted by molar-refractivity contribution is 0.406. The van der Waals surface area contributed by atoms with Gasteiger partial charge in [-0.3, -0.25) is 0 Å². The highest BCUT2D eigenvalue weighted by atomic mass is 16.5. The Morgan fingerprint density at radius 3 is 2.59 bits per heavy atom. The quantitative estimate of drug-likeness (QED) is 0.799.